The lowest BCUT2D eigenvalue weighted by atomic mass is 10.3. The maximum absolute atomic E-state index is 5.51. The number of thioether (sulfide) groups is 3. The minimum Gasteiger partial charge on any atom is -0.162 e. The highest BCUT2D eigenvalue weighted by Gasteiger charge is 2.12. The van der Waals surface area contributed by atoms with E-state index >= 15 is 0 Å². The molecule has 14 heavy (non-hydrogen) atoms. The maximum atomic E-state index is 5.51. The molecule has 2 unspecified atom stereocenters. The summed E-state index contributed by atoms with van der Waals surface area (Å²) >= 11 is 11.4. The van der Waals surface area contributed by atoms with E-state index in [1.807, 2.05) is 23.5 Å². The Hall–Kier alpha value is 1.34. The average molecular weight is 271 g/mol. The Morgan fingerprint density at radius 2 is 1.29 bits per heavy atom. The number of halogens is 1. The standard InChI is InChI=1S/C4H8S.C3H5ClS.C3H6S/c1-4-2-3-5-4;4-3-1-2-5-3;1-2-4-3-1/h4H,2-3H2,1H3;3H,1-2H2;1-3H2. The van der Waals surface area contributed by atoms with Gasteiger partial charge in [0.1, 0.15) is 0 Å². The van der Waals surface area contributed by atoms with Crippen LogP contribution in [-0.2, 0) is 0 Å². The normalized spacial score (nSPS) is 33.0. The SMILES string of the molecule is C1CSC1.CC1CCS1.ClC1CCS1. The Bertz CT molecular complexity index is 115. The van der Waals surface area contributed by atoms with Crippen molar-refractivity contribution in [2.45, 2.75) is 36.1 Å². The third-order valence-corrected chi connectivity index (χ3v) is 6.24. The lowest BCUT2D eigenvalue weighted by molar-refractivity contribution is 0.861. The molecule has 0 amide bonds. The molecule has 3 aliphatic heterocycles. The van der Waals surface area contributed by atoms with Gasteiger partial charge in [-0.2, -0.15) is 23.5 Å². The van der Waals surface area contributed by atoms with Crippen LogP contribution in [0.2, 0.25) is 0 Å². The fraction of sp³-hybridized carbons (Fsp3) is 1.00. The first kappa shape index (κ1) is 13.4. The van der Waals surface area contributed by atoms with E-state index in [1.165, 1.54) is 42.3 Å². The second kappa shape index (κ2) is 8.49. The van der Waals surface area contributed by atoms with E-state index in [0.29, 0.717) is 4.71 Å². The third-order valence-electron chi connectivity index (χ3n) is 2.15. The summed E-state index contributed by atoms with van der Waals surface area (Å²) in [5.74, 6) is 5.51. The summed E-state index contributed by atoms with van der Waals surface area (Å²) in [4.78, 5) is 0. The second-order valence-corrected chi connectivity index (χ2v) is 8.37. The zero-order valence-electron chi connectivity index (χ0n) is 8.71. The van der Waals surface area contributed by atoms with Crippen molar-refractivity contribution in [2.24, 2.45) is 0 Å². The molecule has 0 aromatic carbocycles. The van der Waals surface area contributed by atoms with Crippen LogP contribution in [0.1, 0.15) is 26.2 Å². The smallest absolute Gasteiger partial charge is 0.0796 e. The highest BCUT2D eigenvalue weighted by molar-refractivity contribution is 8.02. The van der Waals surface area contributed by atoms with Crippen LogP contribution in [0.25, 0.3) is 0 Å². The summed E-state index contributed by atoms with van der Waals surface area (Å²) in [6, 6.07) is 0. The quantitative estimate of drug-likeness (QED) is 0.602. The molecule has 3 rings (SSSR count). The van der Waals surface area contributed by atoms with Crippen LogP contribution in [0.4, 0.5) is 0 Å². The molecule has 3 fully saturated rings. The van der Waals surface area contributed by atoms with Crippen LogP contribution in [0.5, 0.6) is 0 Å². The fourth-order valence-corrected chi connectivity index (χ4v) is 2.65. The van der Waals surface area contributed by atoms with Gasteiger partial charge >= 0.3 is 0 Å². The minimum atomic E-state index is 0.454. The van der Waals surface area contributed by atoms with Crippen LogP contribution in [0, 0.1) is 0 Å². The van der Waals surface area contributed by atoms with E-state index in [0.717, 1.165) is 5.25 Å². The molecule has 0 nitrogen and oxygen atoms in total. The predicted molar refractivity (Wildman–Crippen MR) is 75.2 cm³/mol. The van der Waals surface area contributed by atoms with Gasteiger partial charge in [-0.25, -0.2) is 0 Å². The average Bonchev–Trinajstić information content (AvgIpc) is 1.95. The lowest BCUT2D eigenvalue weighted by Gasteiger charge is -2.18. The topological polar surface area (TPSA) is 0 Å². The second-order valence-electron chi connectivity index (χ2n) is 3.51. The van der Waals surface area contributed by atoms with E-state index in [-0.39, 0.29) is 0 Å². The van der Waals surface area contributed by atoms with E-state index < -0.39 is 0 Å². The Kier molecular flexibility index (Phi) is 8.13. The summed E-state index contributed by atoms with van der Waals surface area (Å²) in [6.45, 7) is 2.27. The minimum absolute atomic E-state index is 0.454. The number of alkyl halides is 1. The van der Waals surface area contributed by atoms with Crippen molar-refractivity contribution < 1.29 is 0 Å². The maximum Gasteiger partial charge on any atom is 0.0796 e. The zero-order chi connectivity index (χ0) is 10.2. The first-order valence-electron chi connectivity index (χ1n) is 5.24. The summed E-state index contributed by atoms with van der Waals surface area (Å²) in [7, 11) is 0. The van der Waals surface area contributed by atoms with Crippen LogP contribution >= 0.6 is 46.9 Å². The van der Waals surface area contributed by atoms with Gasteiger partial charge in [-0.3, -0.25) is 0 Å². The first-order chi connectivity index (χ1) is 6.79. The molecule has 0 aromatic rings. The van der Waals surface area contributed by atoms with Crippen LogP contribution in [0.15, 0.2) is 0 Å². The van der Waals surface area contributed by atoms with Crippen molar-refractivity contribution in [3.8, 4) is 0 Å². The van der Waals surface area contributed by atoms with Crippen molar-refractivity contribution in [3.05, 3.63) is 0 Å². The molecule has 0 spiro atoms. The molecule has 2 atom stereocenters. The van der Waals surface area contributed by atoms with E-state index in [9.17, 15) is 0 Å². The molecule has 0 N–H and O–H groups in total. The Morgan fingerprint density at radius 1 is 1.00 bits per heavy atom. The Morgan fingerprint density at radius 3 is 1.29 bits per heavy atom. The molecule has 84 valence electrons. The molecule has 0 saturated carbocycles. The molecule has 0 bridgehead atoms. The molecule has 3 aliphatic rings. The van der Waals surface area contributed by atoms with Gasteiger partial charge in [-0.05, 0) is 42.3 Å². The van der Waals surface area contributed by atoms with Crippen molar-refractivity contribution in [2.75, 3.05) is 23.0 Å². The van der Waals surface area contributed by atoms with Gasteiger partial charge in [0.15, 0.2) is 0 Å². The van der Waals surface area contributed by atoms with Gasteiger partial charge in [0.25, 0.3) is 0 Å². The lowest BCUT2D eigenvalue weighted by Crippen LogP contribution is -2.09. The van der Waals surface area contributed by atoms with Crippen LogP contribution in [0.3, 0.4) is 0 Å². The molecule has 0 radical (unpaired) electrons. The summed E-state index contributed by atoms with van der Waals surface area (Å²) in [5, 5.41) is 0.981. The zero-order valence-corrected chi connectivity index (χ0v) is 11.9. The number of hydrogen-bond acceptors (Lipinski definition) is 3. The number of hydrogen-bond donors (Lipinski definition) is 0. The van der Waals surface area contributed by atoms with Gasteiger partial charge < -0.3 is 0 Å². The van der Waals surface area contributed by atoms with E-state index in [1.54, 1.807) is 0 Å². The summed E-state index contributed by atoms with van der Waals surface area (Å²) in [6.07, 6.45) is 4.13. The molecule has 3 saturated heterocycles. The predicted octanol–water partition coefficient (Wildman–Crippen LogP) is 4.32. The van der Waals surface area contributed by atoms with Crippen molar-refractivity contribution in [1.29, 1.82) is 0 Å². The molecule has 0 aromatic heterocycles. The summed E-state index contributed by atoms with van der Waals surface area (Å²) < 4.78 is 0.454. The van der Waals surface area contributed by atoms with Gasteiger partial charge in [0.2, 0.25) is 0 Å². The van der Waals surface area contributed by atoms with Crippen LogP contribution < -0.4 is 0 Å². The van der Waals surface area contributed by atoms with Gasteiger partial charge in [-0.15, -0.1) is 23.4 Å². The molecule has 3 heterocycles. The number of rotatable bonds is 0. The van der Waals surface area contributed by atoms with Crippen molar-refractivity contribution in [1.82, 2.24) is 0 Å². The van der Waals surface area contributed by atoms with E-state index in [2.05, 4.69) is 18.7 Å². The highest BCUT2D eigenvalue weighted by Crippen LogP contribution is 2.30. The van der Waals surface area contributed by atoms with Gasteiger partial charge in [-0.1, -0.05) is 6.92 Å². The van der Waals surface area contributed by atoms with Gasteiger partial charge in [0.05, 0.1) is 4.71 Å². The van der Waals surface area contributed by atoms with E-state index in [4.69, 9.17) is 11.6 Å². The molecule has 4 heteroatoms. The highest BCUT2D eigenvalue weighted by atomic mass is 35.5. The summed E-state index contributed by atoms with van der Waals surface area (Å²) in [5.41, 5.74) is 0. The largest absolute Gasteiger partial charge is 0.162 e. The van der Waals surface area contributed by atoms with Crippen molar-refractivity contribution >= 4 is 46.9 Å². The third kappa shape index (κ3) is 6.76. The van der Waals surface area contributed by atoms with Gasteiger partial charge in [0, 0.05) is 5.25 Å². The first-order valence-corrected chi connectivity index (χ1v) is 8.93. The molecular formula is C10H19ClS3. The fourth-order valence-electron chi connectivity index (χ4n) is 0.705. The van der Waals surface area contributed by atoms with Crippen molar-refractivity contribution in [3.63, 3.8) is 0 Å². The Balaban J connectivity index is 0.000000106. The Labute approximate surface area is 106 Å². The molecular weight excluding hydrogens is 252 g/mol. The van der Waals surface area contributed by atoms with Crippen LogP contribution in [-0.4, -0.2) is 33.0 Å². The molecule has 0 aliphatic carbocycles. The monoisotopic (exact) mass is 270 g/mol.